The van der Waals surface area contributed by atoms with E-state index in [0.717, 1.165) is 16.8 Å². The number of halogens is 5. The fraction of sp³-hybridized carbons (Fsp3) is 0.200. The van der Waals surface area contributed by atoms with Crippen LogP contribution in [0, 0.1) is 0 Å². The number of nitrogens with zero attached hydrogens (tertiary/aromatic N) is 6. The summed E-state index contributed by atoms with van der Waals surface area (Å²) in [4.78, 5) is 23.2. The van der Waals surface area contributed by atoms with Gasteiger partial charge in [0.2, 0.25) is 10.6 Å². The van der Waals surface area contributed by atoms with E-state index in [1.165, 1.54) is 19.1 Å². The Morgan fingerprint density at radius 2 is 1.71 bits per heavy atom. The summed E-state index contributed by atoms with van der Waals surface area (Å²) < 4.78 is 39.1. The van der Waals surface area contributed by atoms with Crippen molar-refractivity contribution in [1.29, 1.82) is 0 Å². The lowest BCUT2D eigenvalue weighted by atomic mass is 10.1. The molecule has 13 heteroatoms. The van der Waals surface area contributed by atoms with Gasteiger partial charge in [-0.15, -0.1) is 5.10 Å². The van der Waals surface area contributed by atoms with Gasteiger partial charge >= 0.3 is 6.18 Å². The topological polar surface area (TPSA) is 98.5 Å². The smallest absolute Gasteiger partial charge is 0.364 e. The molecular weight excluding hydrogens is 422 g/mol. The Kier molecular flexibility index (Phi) is 5.47. The zero-order valence-electron chi connectivity index (χ0n) is 14.0. The Hall–Kier alpha value is -2.79. The summed E-state index contributed by atoms with van der Waals surface area (Å²) in [5.74, 6) is -0.349. The molecule has 3 aromatic rings. The molecule has 0 amide bonds. The van der Waals surface area contributed by atoms with Crippen molar-refractivity contribution in [3.05, 3.63) is 51.7 Å². The Labute approximate surface area is 165 Å². The zero-order valence-corrected chi connectivity index (χ0v) is 15.5. The van der Waals surface area contributed by atoms with E-state index in [0.29, 0.717) is 5.56 Å². The standard InChI is InChI=1S/C15H10Cl2F3N7O/c1-7(28)10-11(21-6-8-2-4-9(5-3-8)15(18,19)20)27(26-25-10)14-23-12(16)22-13(17)24-14/h2-5,21H,6H2,1H3. The lowest BCUT2D eigenvalue weighted by molar-refractivity contribution is -0.137. The third-order valence-corrected chi connectivity index (χ3v) is 3.84. The average molecular weight is 432 g/mol. The molecule has 0 unspecified atom stereocenters. The molecular formula is C15H10Cl2F3N7O. The van der Waals surface area contributed by atoms with Gasteiger partial charge in [-0.2, -0.15) is 32.8 Å². The lowest BCUT2D eigenvalue weighted by Crippen LogP contribution is -2.12. The number of Topliss-reactive ketones (excluding diaryl/α,β-unsaturated/α-hetero) is 1. The highest BCUT2D eigenvalue weighted by Gasteiger charge is 2.30. The first-order valence-electron chi connectivity index (χ1n) is 7.59. The van der Waals surface area contributed by atoms with Crippen molar-refractivity contribution in [2.24, 2.45) is 0 Å². The summed E-state index contributed by atoms with van der Waals surface area (Å²) in [6.07, 6.45) is -4.42. The number of aromatic nitrogens is 6. The quantitative estimate of drug-likeness (QED) is 0.616. The highest BCUT2D eigenvalue weighted by atomic mass is 35.5. The van der Waals surface area contributed by atoms with Crippen molar-refractivity contribution in [1.82, 2.24) is 29.9 Å². The highest BCUT2D eigenvalue weighted by molar-refractivity contribution is 6.31. The van der Waals surface area contributed by atoms with E-state index >= 15 is 0 Å². The number of benzene rings is 1. The van der Waals surface area contributed by atoms with Crippen LogP contribution >= 0.6 is 23.2 Å². The molecule has 0 bridgehead atoms. The Bertz CT molecular complexity index is 1000. The van der Waals surface area contributed by atoms with E-state index in [2.05, 4.69) is 30.6 Å². The van der Waals surface area contributed by atoms with Gasteiger partial charge in [0.1, 0.15) is 0 Å². The molecule has 28 heavy (non-hydrogen) atoms. The van der Waals surface area contributed by atoms with Gasteiger partial charge in [0.15, 0.2) is 17.3 Å². The molecule has 3 rings (SSSR count). The first kappa shape index (κ1) is 20.0. The van der Waals surface area contributed by atoms with Gasteiger partial charge in [-0.25, -0.2) is 0 Å². The summed E-state index contributed by atoms with van der Waals surface area (Å²) in [7, 11) is 0. The number of nitrogens with one attached hydrogen (secondary N) is 1. The summed E-state index contributed by atoms with van der Waals surface area (Å²) >= 11 is 11.5. The number of ketones is 1. The van der Waals surface area contributed by atoms with Crippen molar-refractivity contribution < 1.29 is 18.0 Å². The van der Waals surface area contributed by atoms with Crippen LogP contribution in [-0.2, 0) is 12.7 Å². The molecule has 0 saturated heterocycles. The van der Waals surface area contributed by atoms with E-state index in [-0.39, 0.29) is 34.6 Å². The van der Waals surface area contributed by atoms with Crippen LogP contribution in [0.2, 0.25) is 10.6 Å². The van der Waals surface area contributed by atoms with Crippen LogP contribution in [-0.4, -0.2) is 35.7 Å². The number of rotatable bonds is 5. The van der Waals surface area contributed by atoms with Crippen molar-refractivity contribution >= 4 is 34.8 Å². The molecule has 1 N–H and O–H groups in total. The minimum Gasteiger partial charge on any atom is -0.364 e. The Balaban J connectivity index is 1.90. The molecule has 0 atom stereocenters. The van der Waals surface area contributed by atoms with E-state index in [9.17, 15) is 18.0 Å². The van der Waals surface area contributed by atoms with Gasteiger partial charge in [0.25, 0.3) is 5.95 Å². The first-order valence-corrected chi connectivity index (χ1v) is 8.35. The van der Waals surface area contributed by atoms with E-state index in [1.807, 2.05) is 0 Å². The molecule has 0 radical (unpaired) electrons. The number of hydrogen-bond donors (Lipinski definition) is 1. The van der Waals surface area contributed by atoms with E-state index in [4.69, 9.17) is 23.2 Å². The molecule has 0 aliphatic rings. The SMILES string of the molecule is CC(=O)c1nnn(-c2nc(Cl)nc(Cl)n2)c1NCc1ccc(C(F)(F)F)cc1. The molecule has 2 heterocycles. The predicted molar refractivity (Wildman–Crippen MR) is 93.5 cm³/mol. The van der Waals surface area contributed by atoms with Gasteiger partial charge < -0.3 is 5.32 Å². The largest absolute Gasteiger partial charge is 0.416 e. The molecule has 0 spiro atoms. The summed E-state index contributed by atoms with van der Waals surface area (Å²) in [5, 5.41) is 10.1. The molecule has 0 fully saturated rings. The van der Waals surface area contributed by atoms with Crippen LogP contribution in [0.25, 0.3) is 5.95 Å². The number of carbonyl (C=O) groups is 1. The summed E-state index contributed by atoms with van der Waals surface area (Å²) in [5.41, 5.74) is -0.247. The predicted octanol–water partition coefficient (Wildman–Crippen LogP) is 3.59. The third-order valence-electron chi connectivity index (χ3n) is 3.50. The van der Waals surface area contributed by atoms with Crippen molar-refractivity contribution in [3.8, 4) is 5.95 Å². The van der Waals surface area contributed by atoms with Gasteiger partial charge in [-0.3, -0.25) is 4.79 Å². The molecule has 0 saturated carbocycles. The molecule has 2 aromatic heterocycles. The molecule has 1 aromatic carbocycles. The summed E-state index contributed by atoms with van der Waals surface area (Å²) in [6, 6.07) is 4.55. The maximum absolute atomic E-state index is 12.7. The van der Waals surface area contributed by atoms with Gasteiger partial charge in [-0.1, -0.05) is 17.3 Å². The van der Waals surface area contributed by atoms with Crippen molar-refractivity contribution in [3.63, 3.8) is 0 Å². The minimum atomic E-state index is -4.42. The average Bonchev–Trinajstić information content (AvgIpc) is 3.03. The molecule has 146 valence electrons. The molecule has 0 aliphatic carbocycles. The van der Waals surface area contributed by atoms with Crippen LogP contribution in [0.3, 0.4) is 0 Å². The number of anilines is 1. The molecule has 8 nitrogen and oxygen atoms in total. The van der Waals surface area contributed by atoms with Crippen LogP contribution in [0.4, 0.5) is 19.0 Å². The second kappa shape index (κ2) is 7.68. The normalized spacial score (nSPS) is 11.5. The van der Waals surface area contributed by atoms with Crippen LogP contribution in [0.15, 0.2) is 24.3 Å². The van der Waals surface area contributed by atoms with Crippen LogP contribution in [0.5, 0.6) is 0 Å². The highest BCUT2D eigenvalue weighted by Crippen LogP contribution is 2.29. The van der Waals surface area contributed by atoms with E-state index in [1.54, 1.807) is 0 Å². The zero-order chi connectivity index (χ0) is 20.5. The monoisotopic (exact) mass is 431 g/mol. The van der Waals surface area contributed by atoms with Gasteiger partial charge in [-0.05, 0) is 40.9 Å². The number of carbonyl (C=O) groups excluding carboxylic acids is 1. The minimum absolute atomic E-state index is 0.0143. The maximum Gasteiger partial charge on any atom is 0.416 e. The van der Waals surface area contributed by atoms with E-state index < -0.39 is 17.5 Å². The third kappa shape index (κ3) is 4.37. The van der Waals surface area contributed by atoms with Gasteiger partial charge in [0, 0.05) is 13.5 Å². The second-order valence-electron chi connectivity index (χ2n) is 5.48. The van der Waals surface area contributed by atoms with Gasteiger partial charge in [0.05, 0.1) is 5.56 Å². The molecule has 0 aliphatic heterocycles. The Morgan fingerprint density at radius 1 is 1.11 bits per heavy atom. The number of alkyl halides is 3. The lowest BCUT2D eigenvalue weighted by Gasteiger charge is -2.10. The van der Waals surface area contributed by atoms with Crippen molar-refractivity contribution in [2.45, 2.75) is 19.6 Å². The second-order valence-corrected chi connectivity index (χ2v) is 6.15. The van der Waals surface area contributed by atoms with Crippen molar-refractivity contribution in [2.75, 3.05) is 5.32 Å². The fourth-order valence-corrected chi connectivity index (χ4v) is 2.58. The van der Waals surface area contributed by atoms with Crippen LogP contribution < -0.4 is 5.32 Å². The maximum atomic E-state index is 12.7. The fourth-order valence-electron chi connectivity index (χ4n) is 2.23. The van der Waals surface area contributed by atoms with Crippen LogP contribution in [0.1, 0.15) is 28.5 Å². The first-order chi connectivity index (χ1) is 13.1. The number of hydrogen-bond acceptors (Lipinski definition) is 7. The summed E-state index contributed by atoms with van der Waals surface area (Å²) in [6.45, 7) is 1.36. The Morgan fingerprint density at radius 3 is 2.25 bits per heavy atom.